The van der Waals surface area contributed by atoms with Crippen LogP contribution >= 0.6 is 0 Å². The van der Waals surface area contributed by atoms with Gasteiger partial charge >= 0.3 is 0 Å². The normalized spacial score (nSPS) is 16.8. The molecule has 0 N–H and O–H groups in total. The maximum atomic E-state index is 13.2. The van der Waals surface area contributed by atoms with Crippen molar-refractivity contribution < 1.29 is 14.3 Å². The third kappa shape index (κ3) is 4.86. The predicted octanol–water partition coefficient (Wildman–Crippen LogP) is 5.32. The zero-order valence-corrected chi connectivity index (χ0v) is 18.9. The van der Waals surface area contributed by atoms with Crippen LogP contribution in [-0.4, -0.2) is 37.5 Å². The Labute approximate surface area is 190 Å². The average Bonchev–Trinajstić information content (AvgIpc) is 2.84. The number of methoxy groups -OCH3 is 1. The highest BCUT2D eigenvalue weighted by Crippen LogP contribution is 2.37. The molecule has 1 heterocycles. The molecule has 0 aliphatic carbocycles. The van der Waals surface area contributed by atoms with E-state index in [2.05, 4.69) is 53.4 Å². The van der Waals surface area contributed by atoms with Crippen LogP contribution in [0.3, 0.4) is 0 Å². The van der Waals surface area contributed by atoms with E-state index in [0.717, 1.165) is 23.6 Å². The number of nitrogens with zero attached hydrogens (tertiary/aromatic N) is 1. The Kier molecular flexibility index (Phi) is 7.23. The van der Waals surface area contributed by atoms with Gasteiger partial charge in [0.25, 0.3) is 0 Å². The second-order valence-corrected chi connectivity index (χ2v) is 8.23. The molecule has 0 spiro atoms. The van der Waals surface area contributed by atoms with E-state index in [9.17, 15) is 4.79 Å². The number of ketones is 1. The summed E-state index contributed by atoms with van der Waals surface area (Å²) in [7, 11) is 1.69. The molecule has 0 amide bonds. The molecule has 0 bridgehead atoms. The number of rotatable bonds is 8. The molecule has 1 fully saturated rings. The number of likely N-dealkylation sites (tertiary alicyclic amines) is 1. The van der Waals surface area contributed by atoms with Gasteiger partial charge in [0, 0.05) is 37.9 Å². The van der Waals surface area contributed by atoms with Crippen LogP contribution < -0.4 is 9.47 Å². The Morgan fingerprint density at radius 3 is 2.12 bits per heavy atom. The first kappa shape index (κ1) is 22.1. The molecule has 4 rings (SSSR count). The Hall–Kier alpha value is -3.11. The van der Waals surface area contributed by atoms with Gasteiger partial charge in [-0.15, -0.1) is 0 Å². The maximum Gasteiger partial charge on any atom is 0.139 e. The SMILES string of the molecule is CCOc1cccc(OC)c1CN1CCC(=O)C(C(c2ccccc2)c2ccccc2)C1. The molecule has 3 aromatic carbocycles. The van der Waals surface area contributed by atoms with Crippen LogP contribution in [0.15, 0.2) is 78.9 Å². The Morgan fingerprint density at radius 1 is 0.906 bits per heavy atom. The van der Waals surface area contributed by atoms with Crippen LogP contribution in [0.2, 0.25) is 0 Å². The fourth-order valence-electron chi connectivity index (χ4n) is 4.74. The van der Waals surface area contributed by atoms with Crippen molar-refractivity contribution in [1.82, 2.24) is 4.90 Å². The Bertz CT molecular complexity index is 980. The van der Waals surface area contributed by atoms with E-state index in [1.807, 2.05) is 37.3 Å². The Morgan fingerprint density at radius 2 is 1.53 bits per heavy atom. The van der Waals surface area contributed by atoms with Crippen molar-refractivity contribution in [2.24, 2.45) is 5.92 Å². The monoisotopic (exact) mass is 429 g/mol. The minimum Gasteiger partial charge on any atom is -0.496 e. The molecule has 4 nitrogen and oxygen atoms in total. The zero-order chi connectivity index (χ0) is 22.3. The lowest BCUT2D eigenvalue weighted by atomic mass is 9.76. The summed E-state index contributed by atoms with van der Waals surface area (Å²) < 4.78 is 11.5. The molecule has 0 aromatic heterocycles. The van der Waals surface area contributed by atoms with Gasteiger partial charge in [-0.05, 0) is 30.2 Å². The van der Waals surface area contributed by atoms with E-state index in [-0.39, 0.29) is 11.8 Å². The van der Waals surface area contributed by atoms with Crippen LogP contribution in [0, 0.1) is 5.92 Å². The molecule has 166 valence electrons. The van der Waals surface area contributed by atoms with Gasteiger partial charge in [-0.25, -0.2) is 0 Å². The number of benzene rings is 3. The van der Waals surface area contributed by atoms with Gasteiger partial charge in [-0.3, -0.25) is 9.69 Å². The van der Waals surface area contributed by atoms with E-state index >= 15 is 0 Å². The van der Waals surface area contributed by atoms with Crippen LogP contribution in [0.25, 0.3) is 0 Å². The van der Waals surface area contributed by atoms with Gasteiger partial charge in [0.05, 0.1) is 19.3 Å². The molecular weight excluding hydrogens is 398 g/mol. The smallest absolute Gasteiger partial charge is 0.139 e. The standard InChI is InChI=1S/C28H31NO3/c1-3-32-27-16-10-15-26(31-2)24(27)20-29-18-17-25(30)23(19-29)28(21-11-6-4-7-12-21)22-13-8-5-9-14-22/h4-16,23,28H,3,17-20H2,1-2H3. The van der Waals surface area contributed by atoms with Crippen LogP contribution in [0.1, 0.15) is 36.0 Å². The number of carbonyl (C=O) groups excluding carboxylic acids is 1. The minimum atomic E-state index is -0.0983. The molecule has 4 heteroatoms. The highest BCUT2D eigenvalue weighted by Gasteiger charge is 2.35. The van der Waals surface area contributed by atoms with Gasteiger partial charge in [0.15, 0.2) is 0 Å². The molecule has 0 saturated carbocycles. The lowest BCUT2D eigenvalue weighted by Crippen LogP contribution is -2.43. The van der Waals surface area contributed by atoms with E-state index in [1.54, 1.807) is 7.11 Å². The average molecular weight is 430 g/mol. The van der Waals surface area contributed by atoms with Crippen LogP contribution in [0.5, 0.6) is 11.5 Å². The lowest BCUT2D eigenvalue weighted by Gasteiger charge is -2.37. The number of hydrogen-bond acceptors (Lipinski definition) is 4. The summed E-state index contributed by atoms with van der Waals surface area (Å²) in [5, 5.41) is 0. The summed E-state index contributed by atoms with van der Waals surface area (Å²) >= 11 is 0. The zero-order valence-electron chi connectivity index (χ0n) is 18.9. The first-order valence-corrected chi connectivity index (χ1v) is 11.3. The number of ether oxygens (including phenoxy) is 2. The van der Waals surface area contributed by atoms with E-state index < -0.39 is 0 Å². The highest BCUT2D eigenvalue weighted by atomic mass is 16.5. The number of carbonyl (C=O) groups is 1. The molecular formula is C28H31NO3. The first-order chi connectivity index (χ1) is 15.7. The third-order valence-electron chi connectivity index (χ3n) is 6.25. The molecule has 3 aromatic rings. The fourth-order valence-corrected chi connectivity index (χ4v) is 4.74. The topological polar surface area (TPSA) is 38.8 Å². The second kappa shape index (κ2) is 10.5. The quantitative estimate of drug-likeness (QED) is 0.486. The predicted molar refractivity (Wildman–Crippen MR) is 127 cm³/mol. The molecule has 1 aliphatic heterocycles. The fraction of sp³-hybridized carbons (Fsp3) is 0.321. The molecule has 1 unspecified atom stereocenters. The summed E-state index contributed by atoms with van der Waals surface area (Å²) in [5.74, 6) is 1.95. The summed E-state index contributed by atoms with van der Waals surface area (Å²) in [6, 6.07) is 26.7. The van der Waals surface area contributed by atoms with E-state index in [1.165, 1.54) is 11.1 Å². The van der Waals surface area contributed by atoms with Crippen molar-refractivity contribution in [3.05, 3.63) is 95.6 Å². The van der Waals surface area contributed by atoms with Crippen molar-refractivity contribution in [3.63, 3.8) is 0 Å². The van der Waals surface area contributed by atoms with E-state index in [4.69, 9.17) is 9.47 Å². The van der Waals surface area contributed by atoms with Gasteiger partial charge < -0.3 is 9.47 Å². The summed E-state index contributed by atoms with van der Waals surface area (Å²) in [6.45, 7) is 4.74. The van der Waals surface area contributed by atoms with Crippen molar-refractivity contribution in [2.45, 2.75) is 25.8 Å². The first-order valence-electron chi connectivity index (χ1n) is 11.3. The second-order valence-electron chi connectivity index (χ2n) is 8.23. The minimum absolute atomic E-state index is 0.0386. The van der Waals surface area contributed by atoms with Gasteiger partial charge in [0.2, 0.25) is 0 Å². The third-order valence-corrected chi connectivity index (χ3v) is 6.25. The number of Topliss-reactive ketones (excluding diaryl/α,β-unsaturated/α-hetero) is 1. The van der Waals surface area contributed by atoms with Crippen molar-refractivity contribution in [2.75, 3.05) is 26.8 Å². The largest absolute Gasteiger partial charge is 0.496 e. The van der Waals surface area contributed by atoms with Crippen molar-refractivity contribution in [1.29, 1.82) is 0 Å². The van der Waals surface area contributed by atoms with Gasteiger partial charge in [-0.2, -0.15) is 0 Å². The summed E-state index contributed by atoms with van der Waals surface area (Å²) in [4.78, 5) is 15.6. The molecule has 1 atom stereocenters. The van der Waals surface area contributed by atoms with Crippen molar-refractivity contribution >= 4 is 5.78 Å². The molecule has 1 aliphatic rings. The summed E-state index contributed by atoms with van der Waals surface area (Å²) in [6.07, 6.45) is 0.556. The van der Waals surface area contributed by atoms with Gasteiger partial charge in [-0.1, -0.05) is 66.7 Å². The van der Waals surface area contributed by atoms with Gasteiger partial charge in [0.1, 0.15) is 17.3 Å². The number of piperidine rings is 1. The highest BCUT2D eigenvalue weighted by molar-refractivity contribution is 5.83. The lowest BCUT2D eigenvalue weighted by molar-refractivity contribution is -0.126. The summed E-state index contributed by atoms with van der Waals surface area (Å²) in [5.41, 5.74) is 3.42. The Balaban J connectivity index is 1.64. The molecule has 1 saturated heterocycles. The van der Waals surface area contributed by atoms with Crippen LogP contribution in [-0.2, 0) is 11.3 Å². The van der Waals surface area contributed by atoms with Crippen molar-refractivity contribution in [3.8, 4) is 11.5 Å². The molecule has 32 heavy (non-hydrogen) atoms. The van der Waals surface area contributed by atoms with Crippen LogP contribution in [0.4, 0.5) is 0 Å². The number of hydrogen-bond donors (Lipinski definition) is 0. The van der Waals surface area contributed by atoms with E-state index in [0.29, 0.717) is 31.9 Å². The molecule has 0 radical (unpaired) electrons. The maximum absolute atomic E-state index is 13.2.